The highest BCUT2D eigenvalue weighted by Crippen LogP contribution is 2.19. The number of hydrogen-bond acceptors (Lipinski definition) is 2. The fourth-order valence-electron chi connectivity index (χ4n) is 1.87. The molecule has 2 aromatic carbocycles. The lowest BCUT2D eigenvalue weighted by Gasteiger charge is -2.10. The predicted molar refractivity (Wildman–Crippen MR) is 80.6 cm³/mol. The van der Waals surface area contributed by atoms with Gasteiger partial charge in [-0.05, 0) is 24.6 Å². The van der Waals surface area contributed by atoms with Crippen molar-refractivity contribution in [1.29, 1.82) is 0 Å². The molecule has 1 N–H and O–H groups in total. The molecule has 106 valence electrons. The molecule has 0 aromatic heterocycles. The molecular formula is C17H20FNO. The Hall–Kier alpha value is -2.03. The molecule has 0 aliphatic rings. The molecule has 0 atom stereocenters. The van der Waals surface area contributed by atoms with Crippen LogP contribution in [0.1, 0.15) is 25.3 Å². The fourth-order valence-corrected chi connectivity index (χ4v) is 1.87. The summed E-state index contributed by atoms with van der Waals surface area (Å²) in [7, 11) is 0. The highest BCUT2D eigenvalue weighted by atomic mass is 19.1. The van der Waals surface area contributed by atoms with E-state index in [1.807, 2.05) is 30.3 Å². The number of anilines is 1. The number of hydrogen-bond donors (Lipinski definition) is 1. The first kappa shape index (κ1) is 14.4. The van der Waals surface area contributed by atoms with Crippen molar-refractivity contribution in [2.45, 2.75) is 26.3 Å². The highest BCUT2D eigenvalue weighted by molar-refractivity contribution is 5.48. The zero-order valence-corrected chi connectivity index (χ0v) is 11.7. The first-order valence-electron chi connectivity index (χ1n) is 6.99. The summed E-state index contributed by atoms with van der Waals surface area (Å²) in [6.07, 6.45) is 2.16. The third-order valence-electron chi connectivity index (χ3n) is 3.04. The lowest BCUT2D eigenvalue weighted by atomic mass is 10.2. The van der Waals surface area contributed by atoms with Gasteiger partial charge in [-0.3, -0.25) is 0 Å². The van der Waals surface area contributed by atoms with Gasteiger partial charge in [-0.2, -0.15) is 0 Å². The van der Waals surface area contributed by atoms with E-state index in [-0.39, 0.29) is 5.82 Å². The number of unbranched alkanes of at least 4 members (excludes halogenated alkanes) is 1. The van der Waals surface area contributed by atoms with Crippen LogP contribution >= 0.6 is 0 Å². The lowest BCUT2D eigenvalue weighted by Crippen LogP contribution is -2.02. The van der Waals surface area contributed by atoms with Crippen molar-refractivity contribution in [1.82, 2.24) is 0 Å². The van der Waals surface area contributed by atoms with Gasteiger partial charge in [0.05, 0.1) is 6.61 Å². The number of halogens is 1. The molecular weight excluding hydrogens is 253 g/mol. The van der Waals surface area contributed by atoms with Crippen molar-refractivity contribution in [3.05, 3.63) is 59.9 Å². The van der Waals surface area contributed by atoms with Crippen molar-refractivity contribution >= 4 is 5.69 Å². The van der Waals surface area contributed by atoms with Crippen molar-refractivity contribution in [2.75, 3.05) is 11.9 Å². The second-order valence-electron chi connectivity index (χ2n) is 4.67. The van der Waals surface area contributed by atoms with E-state index in [1.165, 1.54) is 6.07 Å². The van der Waals surface area contributed by atoms with E-state index in [9.17, 15) is 4.39 Å². The summed E-state index contributed by atoms with van der Waals surface area (Å²) in [5, 5.41) is 3.21. The van der Waals surface area contributed by atoms with Gasteiger partial charge in [0.2, 0.25) is 0 Å². The predicted octanol–water partition coefficient (Wildman–Crippen LogP) is 4.62. The monoisotopic (exact) mass is 273 g/mol. The standard InChI is InChI=1S/C17H20FNO/c1-2-3-11-20-16-9-6-8-15(12-16)19-13-14-7-4-5-10-17(14)18/h4-10,12,19H,2-3,11,13H2,1H3. The van der Waals surface area contributed by atoms with Crippen LogP contribution < -0.4 is 10.1 Å². The first-order valence-corrected chi connectivity index (χ1v) is 6.99. The Balaban J connectivity index is 1.93. The maximum atomic E-state index is 13.5. The molecule has 0 saturated carbocycles. The van der Waals surface area contributed by atoms with E-state index in [1.54, 1.807) is 12.1 Å². The Morgan fingerprint density at radius 2 is 1.95 bits per heavy atom. The number of ether oxygens (including phenoxy) is 1. The molecule has 0 saturated heterocycles. The summed E-state index contributed by atoms with van der Waals surface area (Å²) in [6, 6.07) is 14.6. The van der Waals surface area contributed by atoms with Crippen LogP contribution in [0.5, 0.6) is 5.75 Å². The van der Waals surface area contributed by atoms with Crippen LogP contribution in [0.2, 0.25) is 0 Å². The van der Waals surface area contributed by atoms with Gasteiger partial charge in [-0.1, -0.05) is 37.6 Å². The summed E-state index contributed by atoms with van der Waals surface area (Å²) in [6.45, 7) is 3.33. The minimum atomic E-state index is -0.185. The number of benzene rings is 2. The second-order valence-corrected chi connectivity index (χ2v) is 4.67. The topological polar surface area (TPSA) is 21.3 Å². The molecule has 0 bridgehead atoms. The molecule has 0 radical (unpaired) electrons. The van der Waals surface area contributed by atoms with Crippen molar-refractivity contribution < 1.29 is 9.13 Å². The molecule has 0 aliphatic carbocycles. The summed E-state index contributed by atoms with van der Waals surface area (Å²) in [4.78, 5) is 0. The Labute approximate surface area is 119 Å². The van der Waals surface area contributed by atoms with E-state index < -0.39 is 0 Å². The quantitative estimate of drug-likeness (QED) is 0.743. The van der Waals surface area contributed by atoms with Crippen molar-refractivity contribution in [3.8, 4) is 5.75 Å². The van der Waals surface area contributed by atoms with Gasteiger partial charge < -0.3 is 10.1 Å². The van der Waals surface area contributed by atoms with Crippen LogP contribution in [0.4, 0.5) is 10.1 Å². The zero-order chi connectivity index (χ0) is 14.2. The van der Waals surface area contributed by atoms with Gasteiger partial charge in [0.25, 0.3) is 0 Å². The van der Waals surface area contributed by atoms with Crippen LogP contribution in [0.25, 0.3) is 0 Å². The Bertz CT molecular complexity index is 542. The van der Waals surface area contributed by atoms with Crippen LogP contribution in [0.3, 0.4) is 0 Å². The molecule has 0 heterocycles. The number of nitrogens with one attached hydrogen (secondary N) is 1. The SMILES string of the molecule is CCCCOc1cccc(NCc2ccccc2F)c1. The molecule has 20 heavy (non-hydrogen) atoms. The van der Waals surface area contributed by atoms with E-state index in [4.69, 9.17) is 4.74 Å². The minimum Gasteiger partial charge on any atom is -0.494 e. The maximum absolute atomic E-state index is 13.5. The maximum Gasteiger partial charge on any atom is 0.128 e. The Morgan fingerprint density at radius 1 is 1.10 bits per heavy atom. The van der Waals surface area contributed by atoms with Crippen LogP contribution in [0.15, 0.2) is 48.5 Å². The first-order chi connectivity index (χ1) is 9.79. The number of rotatable bonds is 7. The largest absolute Gasteiger partial charge is 0.494 e. The molecule has 0 fully saturated rings. The van der Waals surface area contributed by atoms with Crippen LogP contribution in [-0.4, -0.2) is 6.61 Å². The minimum absolute atomic E-state index is 0.185. The molecule has 0 aliphatic heterocycles. The van der Waals surface area contributed by atoms with Gasteiger partial charge in [0.1, 0.15) is 11.6 Å². The molecule has 0 unspecified atom stereocenters. The van der Waals surface area contributed by atoms with Gasteiger partial charge in [0.15, 0.2) is 0 Å². The van der Waals surface area contributed by atoms with Crippen molar-refractivity contribution in [3.63, 3.8) is 0 Å². The van der Waals surface area contributed by atoms with E-state index in [0.29, 0.717) is 12.1 Å². The van der Waals surface area contributed by atoms with Crippen molar-refractivity contribution in [2.24, 2.45) is 0 Å². The second kappa shape index (κ2) is 7.53. The Kier molecular flexibility index (Phi) is 5.42. The fraction of sp³-hybridized carbons (Fsp3) is 0.294. The van der Waals surface area contributed by atoms with Gasteiger partial charge in [-0.15, -0.1) is 0 Å². The molecule has 0 amide bonds. The summed E-state index contributed by atoms with van der Waals surface area (Å²) < 4.78 is 19.2. The molecule has 2 aromatic rings. The van der Waals surface area contributed by atoms with E-state index in [0.717, 1.165) is 30.9 Å². The van der Waals surface area contributed by atoms with Gasteiger partial charge in [0, 0.05) is 23.9 Å². The smallest absolute Gasteiger partial charge is 0.128 e. The summed E-state index contributed by atoms with van der Waals surface area (Å²) >= 11 is 0. The Morgan fingerprint density at radius 3 is 2.75 bits per heavy atom. The molecule has 2 rings (SSSR count). The highest BCUT2D eigenvalue weighted by Gasteiger charge is 2.01. The van der Waals surface area contributed by atoms with E-state index in [2.05, 4.69) is 12.2 Å². The van der Waals surface area contributed by atoms with Gasteiger partial charge >= 0.3 is 0 Å². The van der Waals surface area contributed by atoms with Gasteiger partial charge in [-0.25, -0.2) is 4.39 Å². The van der Waals surface area contributed by atoms with Crippen LogP contribution in [-0.2, 0) is 6.54 Å². The zero-order valence-electron chi connectivity index (χ0n) is 11.7. The normalized spacial score (nSPS) is 10.3. The molecule has 2 nitrogen and oxygen atoms in total. The molecule has 0 spiro atoms. The summed E-state index contributed by atoms with van der Waals surface area (Å²) in [5.41, 5.74) is 1.59. The summed E-state index contributed by atoms with van der Waals surface area (Å²) in [5.74, 6) is 0.660. The lowest BCUT2D eigenvalue weighted by molar-refractivity contribution is 0.309. The molecule has 3 heteroatoms. The van der Waals surface area contributed by atoms with Crippen LogP contribution in [0, 0.1) is 5.82 Å². The average Bonchev–Trinajstić information content (AvgIpc) is 2.47. The third-order valence-corrected chi connectivity index (χ3v) is 3.04. The van der Waals surface area contributed by atoms with E-state index >= 15 is 0 Å². The average molecular weight is 273 g/mol. The third kappa shape index (κ3) is 4.26.